The van der Waals surface area contributed by atoms with Crippen molar-refractivity contribution < 1.29 is 14.3 Å². The van der Waals surface area contributed by atoms with E-state index in [9.17, 15) is 14.9 Å². The summed E-state index contributed by atoms with van der Waals surface area (Å²) in [6.45, 7) is 3.19. The predicted octanol–water partition coefficient (Wildman–Crippen LogP) is 2.54. The summed E-state index contributed by atoms with van der Waals surface area (Å²) in [7, 11) is 0. The lowest BCUT2D eigenvalue weighted by Crippen LogP contribution is -2.37. The van der Waals surface area contributed by atoms with E-state index in [2.05, 4.69) is 5.32 Å². The van der Waals surface area contributed by atoms with Crippen molar-refractivity contribution in [1.29, 1.82) is 5.26 Å². The second-order valence-corrected chi connectivity index (χ2v) is 6.34. The van der Waals surface area contributed by atoms with E-state index in [1.54, 1.807) is 24.0 Å². The van der Waals surface area contributed by atoms with Crippen LogP contribution in [0.1, 0.15) is 19.8 Å². The highest BCUT2D eigenvalue weighted by atomic mass is 35.5. The number of esters is 1. The average Bonchev–Trinajstić information content (AvgIpc) is 2.63. The maximum atomic E-state index is 12.3. The fraction of sp³-hybridized carbons (Fsp3) is 0.389. The van der Waals surface area contributed by atoms with Gasteiger partial charge in [0.25, 0.3) is 5.91 Å². The van der Waals surface area contributed by atoms with Crippen molar-refractivity contribution in [3.63, 3.8) is 0 Å². The molecule has 0 bridgehead atoms. The van der Waals surface area contributed by atoms with Crippen LogP contribution in [0.3, 0.4) is 0 Å². The van der Waals surface area contributed by atoms with E-state index in [1.807, 2.05) is 6.07 Å². The number of rotatable bonds is 5. The Labute approximate surface area is 157 Å². The Balaban J connectivity index is 2.06. The molecule has 7 nitrogen and oxygen atoms in total. The number of carbonyl (C=O) groups is 2. The van der Waals surface area contributed by atoms with Gasteiger partial charge in [-0.25, -0.2) is 0 Å². The zero-order chi connectivity index (χ0) is 19.1. The Morgan fingerprint density at radius 2 is 2.31 bits per heavy atom. The maximum absolute atomic E-state index is 12.3. The summed E-state index contributed by atoms with van der Waals surface area (Å²) >= 11 is 5.93. The van der Waals surface area contributed by atoms with Crippen molar-refractivity contribution in [3.8, 4) is 6.07 Å². The molecule has 0 saturated carbocycles. The van der Waals surface area contributed by atoms with Gasteiger partial charge in [-0.1, -0.05) is 11.6 Å². The molecule has 1 aromatic carbocycles. The number of piperidine rings is 1. The number of ether oxygens (including phenoxy) is 1. The lowest BCUT2D eigenvalue weighted by atomic mass is 9.98. The summed E-state index contributed by atoms with van der Waals surface area (Å²) in [5.74, 6) is -1.05. The third-order valence-electron chi connectivity index (χ3n) is 4.01. The first-order valence-corrected chi connectivity index (χ1v) is 8.71. The van der Waals surface area contributed by atoms with Gasteiger partial charge in [0.1, 0.15) is 11.6 Å². The van der Waals surface area contributed by atoms with E-state index in [4.69, 9.17) is 22.1 Å². The molecule has 2 rings (SSSR count). The molecular weight excluding hydrogens is 356 g/mol. The van der Waals surface area contributed by atoms with Crippen LogP contribution in [0.15, 0.2) is 30.0 Å². The quantitative estimate of drug-likeness (QED) is 0.354. The third kappa shape index (κ3) is 5.14. The number of hydrogen-bond donors (Lipinski definition) is 2. The summed E-state index contributed by atoms with van der Waals surface area (Å²) in [6, 6.07) is 6.59. The Morgan fingerprint density at radius 1 is 1.54 bits per heavy atom. The van der Waals surface area contributed by atoms with Gasteiger partial charge in [0.2, 0.25) is 0 Å². The summed E-state index contributed by atoms with van der Waals surface area (Å²) in [5, 5.41) is 12.3. The third-order valence-corrected chi connectivity index (χ3v) is 4.34. The number of amides is 1. The van der Waals surface area contributed by atoms with Crippen LogP contribution < -0.4 is 11.1 Å². The van der Waals surface area contributed by atoms with Gasteiger partial charge in [0.05, 0.1) is 23.2 Å². The van der Waals surface area contributed by atoms with Crippen LogP contribution in [0.5, 0.6) is 0 Å². The number of hydrogen-bond acceptors (Lipinski definition) is 6. The molecule has 3 N–H and O–H groups in total. The summed E-state index contributed by atoms with van der Waals surface area (Å²) in [6.07, 6.45) is 3.01. The molecule has 1 saturated heterocycles. The van der Waals surface area contributed by atoms with Crippen LogP contribution >= 0.6 is 11.6 Å². The fourth-order valence-corrected chi connectivity index (χ4v) is 2.88. The molecule has 0 aliphatic carbocycles. The number of nitrogens with one attached hydrogen (secondary N) is 1. The Bertz CT molecular complexity index is 757. The first-order chi connectivity index (χ1) is 12.4. The Kier molecular flexibility index (Phi) is 6.87. The van der Waals surface area contributed by atoms with Gasteiger partial charge in [0.15, 0.2) is 0 Å². The molecule has 0 radical (unpaired) electrons. The van der Waals surface area contributed by atoms with E-state index >= 15 is 0 Å². The molecule has 1 amide bonds. The maximum Gasteiger partial charge on any atom is 0.310 e. The lowest BCUT2D eigenvalue weighted by Gasteiger charge is -2.30. The number of nitrogens with zero attached hydrogens (tertiary/aromatic N) is 2. The second-order valence-electron chi connectivity index (χ2n) is 5.93. The highest BCUT2D eigenvalue weighted by Gasteiger charge is 2.26. The largest absolute Gasteiger partial charge is 0.466 e. The first kappa shape index (κ1) is 19.6. The van der Waals surface area contributed by atoms with Crippen LogP contribution in [0.25, 0.3) is 0 Å². The first-order valence-electron chi connectivity index (χ1n) is 8.33. The summed E-state index contributed by atoms with van der Waals surface area (Å²) in [4.78, 5) is 26.0. The van der Waals surface area contributed by atoms with Gasteiger partial charge in [-0.05, 0) is 38.0 Å². The number of benzene rings is 1. The van der Waals surface area contributed by atoms with Crippen molar-refractivity contribution in [3.05, 3.63) is 35.0 Å². The molecule has 1 unspecified atom stereocenters. The van der Waals surface area contributed by atoms with Gasteiger partial charge in [0, 0.05) is 25.0 Å². The monoisotopic (exact) mass is 376 g/mol. The minimum Gasteiger partial charge on any atom is -0.466 e. The number of nitriles is 1. The molecule has 138 valence electrons. The second kappa shape index (κ2) is 9.11. The molecule has 1 aliphatic rings. The predicted molar refractivity (Wildman–Crippen MR) is 99.1 cm³/mol. The summed E-state index contributed by atoms with van der Waals surface area (Å²) in [5.41, 5.74) is 6.43. The molecular formula is C18H21ClN4O3. The van der Waals surface area contributed by atoms with E-state index < -0.39 is 5.91 Å². The highest BCUT2D eigenvalue weighted by molar-refractivity contribution is 6.33. The summed E-state index contributed by atoms with van der Waals surface area (Å²) < 4.78 is 5.05. The van der Waals surface area contributed by atoms with Crippen molar-refractivity contribution in [2.45, 2.75) is 19.8 Å². The number of likely N-dealkylation sites (tertiary alicyclic amines) is 1. The minimum atomic E-state index is -0.549. The van der Waals surface area contributed by atoms with Crippen molar-refractivity contribution in [1.82, 2.24) is 4.90 Å². The van der Waals surface area contributed by atoms with E-state index in [1.165, 1.54) is 12.3 Å². The van der Waals surface area contributed by atoms with Crippen molar-refractivity contribution in [2.24, 2.45) is 5.92 Å². The molecule has 1 atom stereocenters. The molecule has 0 spiro atoms. The van der Waals surface area contributed by atoms with Crippen LogP contribution in [0.2, 0.25) is 5.02 Å². The Morgan fingerprint density at radius 3 is 2.96 bits per heavy atom. The van der Waals surface area contributed by atoms with Crippen LogP contribution in [0, 0.1) is 17.2 Å². The molecule has 26 heavy (non-hydrogen) atoms. The number of carbonyl (C=O) groups excluding carboxylic acids is 2. The standard InChI is InChI=1S/C18H21ClN4O3/c1-2-26-18(25)12-4-3-7-23(10-12)11-13(9-20)17(24)22-14-5-6-16(21)15(19)8-14/h5-6,8,11-12H,2-4,7,10,21H2,1H3,(H,22,24)/b13-11-. The van der Waals surface area contributed by atoms with Gasteiger partial charge >= 0.3 is 5.97 Å². The topological polar surface area (TPSA) is 108 Å². The SMILES string of the molecule is CCOC(=O)C1CCCN(/C=C(/C#N)C(=O)Nc2ccc(N)c(Cl)c2)C1. The molecule has 1 aromatic rings. The highest BCUT2D eigenvalue weighted by Crippen LogP contribution is 2.23. The van der Waals surface area contributed by atoms with Crippen LogP contribution in [0.4, 0.5) is 11.4 Å². The lowest BCUT2D eigenvalue weighted by molar-refractivity contribution is -0.149. The van der Waals surface area contributed by atoms with Gasteiger partial charge in [-0.3, -0.25) is 9.59 Å². The van der Waals surface area contributed by atoms with Gasteiger partial charge in [-0.2, -0.15) is 5.26 Å². The number of nitrogen functional groups attached to an aromatic ring is 1. The molecule has 1 fully saturated rings. The van der Waals surface area contributed by atoms with Crippen molar-refractivity contribution in [2.75, 3.05) is 30.7 Å². The van der Waals surface area contributed by atoms with Crippen molar-refractivity contribution >= 4 is 34.9 Å². The average molecular weight is 377 g/mol. The zero-order valence-electron chi connectivity index (χ0n) is 14.5. The molecule has 1 aliphatic heterocycles. The smallest absolute Gasteiger partial charge is 0.310 e. The Hall–Kier alpha value is -2.72. The molecule has 8 heteroatoms. The minimum absolute atomic E-state index is 0.0533. The normalized spacial score (nSPS) is 17.3. The van der Waals surface area contributed by atoms with E-state index in [0.717, 1.165) is 12.8 Å². The molecule has 1 heterocycles. The fourth-order valence-electron chi connectivity index (χ4n) is 2.70. The number of nitrogens with two attached hydrogens (primary N) is 1. The van der Waals surface area contributed by atoms with E-state index in [0.29, 0.717) is 36.1 Å². The van der Waals surface area contributed by atoms with Crippen LogP contribution in [-0.2, 0) is 14.3 Å². The van der Waals surface area contributed by atoms with Gasteiger partial charge in [-0.15, -0.1) is 0 Å². The zero-order valence-corrected chi connectivity index (χ0v) is 15.3. The van der Waals surface area contributed by atoms with E-state index in [-0.39, 0.29) is 17.5 Å². The van der Waals surface area contributed by atoms with Gasteiger partial charge < -0.3 is 20.7 Å². The number of anilines is 2. The molecule has 0 aromatic heterocycles. The number of halogens is 1. The van der Waals surface area contributed by atoms with Crippen LogP contribution in [-0.4, -0.2) is 36.5 Å².